The van der Waals surface area contributed by atoms with Crippen LogP contribution in [0.1, 0.15) is 35.9 Å². The monoisotopic (exact) mass is 352 g/mol. The minimum absolute atomic E-state index is 0.463. The molecule has 2 rings (SSSR count). The van der Waals surface area contributed by atoms with Crippen molar-refractivity contribution in [3.05, 3.63) is 45.3 Å². The second-order valence-corrected chi connectivity index (χ2v) is 5.85. The Hall–Kier alpha value is -1.33. The Balaban J connectivity index is 2.11. The van der Waals surface area contributed by atoms with Crippen LogP contribution in [0.25, 0.3) is 0 Å². The van der Waals surface area contributed by atoms with Crippen LogP contribution >= 0.6 is 15.9 Å². The summed E-state index contributed by atoms with van der Waals surface area (Å²) in [5.41, 5.74) is 3.04. The van der Waals surface area contributed by atoms with Gasteiger partial charge in [-0.3, -0.25) is 0 Å². The molecule has 1 N–H and O–H groups in total. The number of rotatable bonds is 7. The van der Waals surface area contributed by atoms with Gasteiger partial charge < -0.3 is 14.6 Å². The number of halogens is 1. The van der Waals surface area contributed by atoms with Gasteiger partial charge in [0.05, 0.1) is 15.7 Å². The van der Waals surface area contributed by atoms with Crippen molar-refractivity contribution in [2.75, 3.05) is 6.54 Å². The van der Waals surface area contributed by atoms with Crippen molar-refractivity contribution < 1.29 is 9.26 Å². The van der Waals surface area contributed by atoms with Crippen molar-refractivity contribution >= 4 is 15.9 Å². The topological polar surface area (TPSA) is 47.3 Å². The highest BCUT2D eigenvalue weighted by atomic mass is 79.9. The summed E-state index contributed by atoms with van der Waals surface area (Å²) in [4.78, 5) is 0. The summed E-state index contributed by atoms with van der Waals surface area (Å²) in [6.07, 6.45) is 1.11. The first-order valence-electron chi connectivity index (χ1n) is 7.16. The number of para-hydroxylation sites is 1. The molecule has 0 amide bonds. The van der Waals surface area contributed by atoms with E-state index < -0.39 is 0 Å². The van der Waals surface area contributed by atoms with E-state index in [0.29, 0.717) is 6.61 Å². The molecule has 1 aromatic heterocycles. The molecule has 21 heavy (non-hydrogen) atoms. The Bertz CT molecular complexity index is 576. The molecular formula is C16H21BrN2O2. The zero-order valence-corrected chi connectivity index (χ0v) is 14.3. The molecule has 2 aromatic rings. The number of hydrogen-bond acceptors (Lipinski definition) is 4. The van der Waals surface area contributed by atoms with Crippen molar-refractivity contribution in [3.63, 3.8) is 0 Å². The van der Waals surface area contributed by atoms with E-state index in [2.05, 4.69) is 39.4 Å². The molecule has 0 aliphatic carbocycles. The molecule has 0 fully saturated rings. The van der Waals surface area contributed by atoms with E-state index in [9.17, 15) is 0 Å². The summed E-state index contributed by atoms with van der Waals surface area (Å²) in [7, 11) is 0. The zero-order chi connectivity index (χ0) is 15.2. The number of nitrogens with zero attached hydrogens (tertiary/aromatic N) is 1. The highest BCUT2D eigenvalue weighted by Crippen LogP contribution is 2.30. The lowest BCUT2D eigenvalue weighted by molar-refractivity contribution is 0.296. The first-order chi connectivity index (χ1) is 10.1. The van der Waals surface area contributed by atoms with Crippen LogP contribution in [0.15, 0.2) is 27.2 Å². The average molecular weight is 353 g/mol. The van der Waals surface area contributed by atoms with Crippen LogP contribution in [0, 0.1) is 13.8 Å². The number of hydrogen-bond donors (Lipinski definition) is 1. The molecule has 5 heteroatoms. The van der Waals surface area contributed by atoms with Crippen molar-refractivity contribution in [3.8, 4) is 5.75 Å². The SMILES string of the molecule is CCCNCc1cccc(Br)c1OCc1c(C)noc1C. The van der Waals surface area contributed by atoms with Crippen LogP contribution in [0.2, 0.25) is 0 Å². The molecule has 0 radical (unpaired) electrons. The lowest BCUT2D eigenvalue weighted by Crippen LogP contribution is -2.15. The molecular weight excluding hydrogens is 332 g/mol. The lowest BCUT2D eigenvalue weighted by atomic mass is 10.2. The lowest BCUT2D eigenvalue weighted by Gasteiger charge is -2.14. The maximum atomic E-state index is 6.02. The number of benzene rings is 1. The minimum atomic E-state index is 0.463. The largest absolute Gasteiger partial charge is 0.487 e. The molecule has 0 atom stereocenters. The van der Waals surface area contributed by atoms with Crippen LogP contribution in [0.5, 0.6) is 5.75 Å². The van der Waals surface area contributed by atoms with Gasteiger partial charge in [0.1, 0.15) is 18.1 Å². The van der Waals surface area contributed by atoms with E-state index in [4.69, 9.17) is 9.26 Å². The zero-order valence-electron chi connectivity index (χ0n) is 12.7. The van der Waals surface area contributed by atoms with Gasteiger partial charge in [0.2, 0.25) is 0 Å². The highest BCUT2D eigenvalue weighted by Gasteiger charge is 2.13. The Kier molecular flexibility index (Phi) is 5.82. The maximum absolute atomic E-state index is 6.02. The molecule has 1 aromatic carbocycles. The first kappa shape index (κ1) is 16.0. The predicted molar refractivity (Wildman–Crippen MR) is 86.4 cm³/mol. The van der Waals surface area contributed by atoms with E-state index in [1.807, 2.05) is 26.0 Å². The van der Waals surface area contributed by atoms with Gasteiger partial charge in [-0.1, -0.05) is 24.2 Å². The number of nitrogens with one attached hydrogen (secondary N) is 1. The van der Waals surface area contributed by atoms with E-state index >= 15 is 0 Å². The number of aromatic nitrogens is 1. The fourth-order valence-electron chi connectivity index (χ4n) is 2.11. The fraction of sp³-hybridized carbons (Fsp3) is 0.438. The Labute approximate surface area is 134 Å². The number of aryl methyl sites for hydroxylation is 2. The third-order valence-corrected chi connectivity index (χ3v) is 3.96. The van der Waals surface area contributed by atoms with Crippen LogP contribution in [-0.4, -0.2) is 11.7 Å². The van der Waals surface area contributed by atoms with Crippen molar-refractivity contribution in [2.24, 2.45) is 0 Å². The van der Waals surface area contributed by atoms with Gasteiger partial charge in [0.15, 0.2) is 0 Å². The molecule has 0 aliphatic heterocycles. The standard InChI is InChI=1S/C16H21BrN2O2/c1-4-8-18-9-13-6-5-7-15(17)16(13)20-10-14-11(2)19-21-12(14)3/h5-7,18H,4,8-10H2,1-3H3. The van der Waals surface area contributed by atoms with Gasteiger partial charge in [-0.05, 0) is 48.8 Å². The molecule has 0 bridgehead atoms. The van der Waals surface area contributed by atoms with E-state index in [1.54, 1.807) is 0 Å². The molecule has 0 saturated carbocycles. The van der Waals surface area contributed by atoms with Crippen molar-refractivity contribution in [1.29, 1.82) is 0 Å². The fourth-order valence-corrected chi connectivity index (χ4v) is 2.63. The molecule has 4 nitrogen and oxygen atoms in total. The molecule has 0 unspecified atom stereocenters. The molecule has 1 heterocycles. The van der Waals surface area contributed by atoms with E-state index in [0.717, 1.165) is 52.3 Å². The summed E-state index contributed by atoms with van der Waals surface area (Å²) in [6.45, 7) is 8.24. The first-order valence-corrected chi connectivity index (χ1v) is 7.95. The molecule has 114 valence electrons. The third kappa shape index (κ3) is 4.08. The van der Waals surface area contributed by atoms with Gasteiger partial charge in [0, 0.05) is 12.1 Å². The van der Waals surface area contributed by atoms with Crippen molar-refractivity contribution in [1.82, 2.24) is 10.5 Å². The summed E-state index contributed by atoms with van der Waals surface area (Å²) in [5.74, 6) is 1.69. The second-order valence-electron chi connectivity index (χ2n) is 5.00. The smallest absolute Gasteiger partial charge is 0.140 e. The van der Waals surface area contributed by atoms with E-state index in [-0.39, 0.29) is 0 Å². The summed E-state index contributed by atoms with van der Waals surface area (Å²) in [5, 5.41) is 7.36. The van der Waals surface area contributed by atoms with Gasteiger partial charge in [0.25, 0.3) is 0 Å². The third-order valence-electron chi connectivity index (χ3n) is 3.33. The minimum Gasteiger partial charge on any atom is -0.487 e. The van der Waals surface area contributed by atoms with Crippen LogP contribution in [0.3, 0.4) is 0 Å². The summed E-state index contributed by atoms with van der Waals surface area (Å²) < 4.78 is 12.2. The van der Waals surface area contributed by atoms with Crippen LogP contribution in [0.4, 0.5) is 0 Å². The molecule has 0 saturated heterocycles. The van der Waals surface area contributed by atoms with Crippen LogP contribution in [-0.2, 0) is 13.2 Å². The van der Waals surface area contributed by atoms with Gasteiger partial charge >= 0.3 is 0 Å². The van der Waals surface area contributed by atoms with E-state index in [1.165, 1.54) is 0 Å². The van der Waals surface area contributed by atoms with Crippen LogP contribution < -0.4 is 10.1 Å². The van der Waals surface area contributed by atoms with Crippen molar-refractivity contribution in [2.45, 2.75) is 40.3 Å². The van der Waals surface area contributed by atoms with Gasteiger partial charge in [-0.2, -0.15) is 0 Å². The molecule has 0 aliphatic rings. The summed E-state index contributed by atoms with van der Waals surface area (Å²) in [6, 6.07) is 6.10. The molecule has 0 spiro atoms. The van der Waals surface area contributed by atoms with Gasteiger partial charge in [-0.25, -0.2) is 0 Å². The van der Waals surface area contributed by atoms with Gasteiger partial charge in [-0.15, -0.1) is 0 Å². The average Bonchev–Trinajstić information content (AvgIpc) is 2.78. The summed E-state index contributed by atoms with van der Waals surface area (Å²) >= 11 is 3.57. The Morgan fingerprint density at radius 2 is 2.14 bits per heavy atom. The Morgan fingerprint density at radius 1 is 1.33 bits per heavy atom. The highest BCUT2D eigenvalue weighted by molar-refractivity contribution is 9.10. The Morgan fingerprint density at radius 3 is 2.81 bits per heavy atom. The number of ether oxygens (including phenoxy) is 1. The quantitative estimate of drug-likeness (QED) is 0.761. The second kappa shape index (κ2) is 7.61. The predicted octanol–water partition coefficient (Wildman–Crippen LogP) is 4.13. The maximum Gasteiger partial charge on any atom is 0.140 e. The normalized spacial score (nSPS) is 10.9.